The van der Waals surface area contributed by atoms with Gasteiger partial charge in [0.05, 0.1) is 18.4 Å². The SMILES string of the molecule is COc1ccc(F)c(-c2c(Cl)nc(Br)n2-c2ccc(F)cc2)c1F. The molecule has 0 saturated carbocycles. The molecule has 0 aliphatic carbocycles. The molecular formula is C16H9BrClF3N2O. The van der Waals surface area contributed by atoms with Gasteiger partial charge in [-0.15, -0.1) is 0 Å². The fourth-order valence-corrected chi connectivity index (χ4v) is 3.24. The van der Waals surface area contributed by atoms with Gasteiger partial charge in [0.2, 0.25) is 0 Å². The van der Waals surface area contributed by atoms with Crippen LogP contribution in [0.15, 0.2) is 41.1 Å². The highest BCUT2D eigenvalue weighted by molar-refractivity contribution is 9.10. The van der Waals surface area contributed by atoms with E-state index >= 15 is 0 Å². The average molecular weight is 418 g/mol. The lowest BCUT2D eigenvalue weighted by atomic mass is 10.1. The van der Waals surface area contributed by atoms with E-state index < -0.39 is 17.5 Å². The Hall–Kier alpha value is -1.99. The smallest absolute Gasteiger partial charge is 0.183 e. The number of ether oxygens (including phenoxy) is 1. The van der Waals surface area contributed by atoms with Crippen LogP contribution in [-0.2, 0) is 0 Å². The highest BCUT2D eigenvalue weighted by Crippen LogP contribution is 2.39. The van der Waals surface area contributed by atoms with Crippen molar-refractivity contribution < 1.29 is 17.9 Å². The average Bonchev–Trinajstić information content (AvgIpc) is 2.83. The van der Waals surface area contributed by atoms with Crippen LogP contribution in [0.25, 0.3) is 16.9 Å². The van der Waals surface area contributed by atoms with Gasteiger partial charge in [-0.25, -0.2) is 18.2 Å². The van der Waals surface area contributed by atoms with Gasteiger partial charge in [-0.2, -0.15) is 0 Å². The fraction of sp³-hybridized carbons (Fsp3) is 0.0625. The minimum atomic E-state index is -0.907. The van der Waals surface area contributed by atoms with Crippen molar-refractivity contribution in [3.8, 4) is 22.7 Å². The zero-order valence-corrected chi connectivity index (χ0v) is 14.5. The van der Waals surface area contributed by atoms with E-state index in [2.05, 4.69) is 20.9 Å². The third kappa shape index (κ3) is 2.78. The lowest BCUT2D eigenvalue weighted by Crippen LogP contribution is -2.02. The minimum absolute atomic E-state index is 0.0101. The second kappa shape index (κ2) is 6.49. The Labute approximate surface area is 148 Å². The summed E-state index contributed by atoms with van der Waals surface area (Å²) in [6, 6.07) is 7.57. The van der Waals surface area contributed by atoms with Gasteiger partial charge in [-0.05, 0) is 52.3 Å². The molecule has 0 atom stereocenters. The summed E-state index contributed by atoms with van der Waals surface area (Å²) in [5.74, 6) is -2.31. The van der Waals surface area contributed by atoms with Crippen molar-refractivity contribution >= 4 is 27.5 Å². The number of imidazole rings is 1. The van der Waals surface area contributed by atoms with E-state index in [4.69, 9.17) is 16.3 Å². The van der Waals surface area contributed by atoms with E-state index in [1.54, 1.807) is 0 Å². The van der Waals surface area contributed by atoms with Crippen LogP contribution in [0.4, 0.5) is 13.2 Å². The topological polar surface area (TPSA) is 27.1 Å². The number of halogens is 5. The molecule has 1 heterocycles. The van der Waals surface area contributed by atoms with Crippen molar-refractivity contribution in [2.45, 2.75) is 0 Å². The lowest BCUT2D eigenvalue weighted by Gasteiger charge is -2.13. The normalized spacial score (nSPS) is 10.9. The molecule has 0 unspecified atom stereocenters. The summed E-state index contributed by atoms with van der Waals surface area (Å²) in [4.78, 5) is 4.00. The second-order valence-corrected chi connectivity index (χ2v) is 5.84. The third-order valence-corrected chi connectivity index (χ3v) is 4.19. The summed E-state index contributed by atoms with van der Waals surface area (Å²) in [6.07, 6.45) is 0. The van der Waals surface area contributed by atoms with E-state index in [1.165, 1.54) is 42.0 Å². The molecule has 0 radical (unpaired) electrons. The third-order valence-electron chi connectivity index (χ3n) is 3.39. The molecule has 0 saturated heterocycles. The molecule has 124 valence electrons. The largest absolute Gasteiger partial charge is 0.494 e. The molecule has 0 bridgehead atoms. The molecule has 3 nitrogen and oxygen atoms in total. The van der Waals surface area contributed by atoms with Crippen molar-refractivity contribution in [1.29, 1.82) is 0 Å². The van der Waals surface area contributed by atoms with E-state index in [0.29, 0.717) is 5.69 Å². The summed E-state index contributed by atoms with van der Waals surface area (Å²) >= 11 is 9.30. The van der Waals surface area contributed by atoms with Crippen LogP contribution < -0.4 is 4.74 Å². The monoisotopic (exact) mass is 416 g/mol. The molecule has 0 aliphatic heterocycles. The highest BCUT2D eigenvalue weighted by atomic mass is 79.9. The maximum Gasteiger partial charge on any atom is 0.183 e. The predicted molar refractivity (Wildman–Crippen MR) is 88.1 cm³/mol. The predicted octanol–water partition coefficient (Wildman–Crippen LogP) is 5.38. The summed E-state index contributed by atoms with van der Waals surface area (Å²) in [6.45, 7) is 0. The zero-order chi connectivity index (χ0) is 17.4. The molecule has 3 aromatic rings. The van der Waals surface area contributed by atoms with Gasteiger partial charge in [-0.1, -0.05) is 11.6 Å². The fourth-order valence-electron chi connectivity index (χ4n) is 2.32. The zero-order valence-electron chi connectivity index (χ0n) is 12.2. The Kier molecular flexibility index (Phi) is 4.56. The molecular weight excluding hydrogens is 409 g/mol. The van der Waals surface area contributed by atoms with E-state index in [1.807, 2.05) is 0 Å². The standard InChI is InChI=1S/C16H9BrClF3N2O/c1-24-11-7-6-10(20)12(13(11)21)14-15(18)22-16(17)23(14)9-4-2-8(19)3-5-9/h2-7H,1H3. The maximum atomic E-state index is 14.6. The Morgan fingerprint density at radius 1 is 1.08 bits per heavy atom. The Bertz CT molecular complexity index is 913. The van der Waals surface area contributed by atoms with Crippen molar-refractivity contribution in [1.82, 2.24) is 9.55 Å². The first kappa shape index (κ1) is 16.9. The quantitative estimate of drug-likeness (QED) is 0.572. The van der Waals surface area contributed by atoms with Gasteiger partial charge in [0.15, 0.2) is 21.5 Å². The second-order valence-electron chi connectivity index (χ2n) is 4.77. The van der Waals surface area contributed by atoms with Crippen LogP contribution >= 0.6 is 27.5 Å². The Balaban J connectivity index is 2.33. The maximum absolute atomic E-state index is 14.6. The van der Waals surface area contributed by atoms with Crippen molar-refractivity contribution in [3.05, 3.63) is 63.7 Å². The van der Waals surface area contributed by atoms with Gasteiger partial charge in [0.25, 0.3) is 0 Å². The van der Waals surface area contributed by atoms with Crippen LogP contribution in [0.1, 0.15) is 0 Å². The molecule has 0 amide bonds. The number of nitrogens with zero attached hydrogens (tertiary/aromatic N) is 2. The first-order valence-corrected chi connectivity index (χ1v) is 7.83. The molecule has 8 heteroatoms. The Morgan fingerprint density at radius 2 is 1.75 bits per heavy atom. The van der Waals surface area contributed by atoms with Gasteiger partial charge in [-0.3, -0.25) is 4.57 Å². The number of hydrogen-bond acceptors (Lipinski definition) is 2. The van der Waals surface area contributed by atoms with Gasteiger partial charge in [0, 0.05) is 5.69 Å². The summed E-state index contributed by atoms with van der Waals surface area (Å²) in [7, 11) is 1.27. The molecule has 2 aromatic carbocycles. The van der Waals surface area contributed by atoms with Gasteiger partial charge < -0.3 is 4.74 Å². The van der Waals surface area contributed by atoms with Crippen LogP contribution in [0, 0.1) is 17.5 Å². The summed E-state index contributed by atoms with van der Waals surface area (Å²) in [5, 5.41) is -0.114. The molecule has 0 spiro atoms. The molecule has 1 aromatic heterocycles. The van der Waals surface area contributed by atoms with Crippen molar-refractivity contribution in [3.63, 3.8) is 0 Å². The minimum Gasteiger partial charge on any atom is -0.494 e. The van der Waals surface area contributed by atoms with Crippen LogP contribution in [-0.4, -0.2) is 16.7 Å². The van der Waals surface area contributed by atoms with E-state index in [0.717, 1.165) is 6.07 Å². The molecule has 0 N–H and O–H groups in total. The number of benzene rings is 2. The van der Waals surface area contributed by atoms with Crippen molar-refractivity contribution in [2.24, 2.45) is 0 Å². The van der Waals surface area contributed by atoms with Crippen LogP contribution in [0.3, 0.4) is 0 Å². The summed E-state index contributed by atoms with van der Waals surface area (Å²) < 4.78 is 48.6. The number of hydrogen-bond donors (Lipinski definition) is 0. The van der Waals surface area contributed by atoms with Gasteiger partial charge in [0.1, 0.15) is 11.6 Å². The Morgan fingerprint density at radius 3 is 2.38 bits per heavy atom. The number of methoxy groups -OCH3 is 1. The van der Waals surface area contributed by atoms with E-state index in [9.17, 15) is 13.2 Å². The number of rotatable bonds is 3. The summed E-state index contributed by atoms with van der Waals surface area (Å²) in [5.41, 5.74) is 0.0326. The first-order chi connectivity index (χ1) is 11.4. The van der Waals surface area contributed by atoms with E-state index in [-0.39, 0.29) is 26.9 Å². The molecule has 24 heavy (non-hydrogen) atoms. The highest BCUT2D eigenvalue weighted by Gasteiger charge is 2.25. The molecule has 0 fully saturated rings. The van der Waals surface area contributed by atoms with Crippen LogP contribution in [0.5, 0.6) is 5.75 Å². The van der Waals surface area contributed by atoms with Crippen LogP contribution in [0.2, 0.25) is 5.15 Å². The number of aromatic nitrogens is 2. The first-order valence-electron chi connectivity index (χ1n) is 6.66. The lowest BCUT2D eigenvalue weighted by molar-refractivity contribution is 0.385. The molecule has 0 aliphatic rings. The molecule has 3 rings (SSSR count). The van der Waals surface area contributed by atoms with Gasteiger partial charge >= 0.3 is 0 Å². The van der Waals surface area contributed by atoms with Crippen molar-refractivity contribution in [2.75, 3.05) is 7.11 Å².